The summed E-state index contributed by atoms with van der Waals surface area (Å²) in [5.74, 6) is -1.07. The maximum Gasteiger partial charge on any atom is 0.414 e. The summed E-state index contributed by atoms with van der Waals surface area (Å²) in [6.45, 7) is 0.128. The number of ether oxygens (including phenoxy) is 1. The van der Waals surface area contributed by atoms with Crippen LogP contribution in [-0.4, -0.2) is 34.9 Å². The Bertz CT molecular complexity index is 459. The van der Waals surface area contributed by atoms with Crippen molar-refractivity contribution >= 4 is 17.7 Å². The van der Waals surface area contributed by atoms with Gasteiger partial charge in [0, 0.05) is 0 Å². The van der Waals surface area contributed by atoms with Gasteiger partial charge in [0.15, 0.2) is 0 Å². The highest BCUT2D eigenvalue weighted by molar-refractivity contribution is 5.91. The van der Waals surface area contributed by atoms with E-state index in [1.807, 2.05) is 0 Å². The normalized spacial score (nSPS) is 19.2. The first-order valence-electron chi connectivity index (χ1n) is 5.06. The number of carbonyl (C=O) groups is 2. The SMILES string of the molecule is O=C(O)CC1CN(c2ccccc2O)C(=O)O1. The van der Waals surface area contributed by atoms with Crippen molar-refractivity contribution in [2.24, 2.45) is 0 Å². The number of amides is 1. The number of benzene rings is 1. The third-order valence-electron chi connectivity index (χ3n) is 2.45. The summed E-state index contributed by atoms with van der Waals surface area (Å²) in [5.41, 5.74) is 0.324. The number of carboxylic acid groups (broad SMARTS) is 1. The number of phenols is 1. The number of rotatable bonds is 3. The Morgan fingerprint density at radius 3 is 2.82 bits per heavy atom. The van der Waals surface area contributed by atoms with Crippen molar-refractivity contribution in [1.82, 2.24) is 0 Å². The molecule has 1 aromatic carbocycles. The molecule has 6 nitrogen and oxygen atoms in total. The van der Waals surface area contributed by atoms with Crippen molar-refractivity contribution in [3.05, 3.63) is 24.3 Å². The maximum absolute atomic E-state index is 11.5. The molecule has 1 amide bonds. The molecule has 90 valence electrons. The number of aliphatic carboxylic acids is 1. The highest BCUT2D eigenvalue weighted by atomic mass is 16.6. The first-order valence-corrected chi connectivity index (χ1v) is 5.06. The van der Waals surface area contributed by atoms with Gasteiger partial charge in [-0.15, -0.1) is 0 Å². The second-order valence-electron chi connectivity index (χ2n) is 3.70. The first kappa shape index (κ1) is 11.3. The fourth-order valence-corrected chi connectivity index (χ4v) is 1.71. The lowest BCUT2D eigenvalue weighted by Gasteiger charge is -2.13. The van der Waals surface area contributed by atoms with E-state index in [1.54, 1.807) is 18.2 Å². The molecule has 2 rings (SSSR count). The number of hydrogen-bond donors (Lipinski definition) is 2. The second-order valence-corrected chi connectivity index (χ2v) is 3.70. The summed E-state index contributed by atoms with van der Waals surface area (Å²) in [7, 11) is 0. The van der Waals surface area contributed by atoms with E-state index in [2.05, 4.69) is 0 Å². The number of aromatic hydroxyl groups is 1. The molecule has 1 unspecified atom stereocenters. The van der Waals surface area contributed by atoms with E-state index in [0.717, 1.165) is 0 Å². The van der Waals surface area contributed by atoms with Crippen LogP contribution >= 0.6 is 0 Å². The Morgan fingerprint density at radius 1 is 1.47 bits per heavy atom. The minimum Gasteiger partial charge on any atom is -0.506 e. The van der Waals surface area contributed by atoms with Crippen molar-refractivity contribution in [1.29, 1.82) is 0 Å². The van der Waals surface area contributed by atoms with Crippen LogP contribution < -0.4 is 4.90 Å². The summed E-state index contributed by atoms with van der Waals surface area (Å²) in [6.07, 6.45) is -1.56. The zero-order valence-corrected chi connectivity index (χ0v) is 8.87. The molecule has 1 aliphatic heterocycles. The van der Waals surface area contributed by atoms with Gasteiger partial charge in [-0.25, -0.2) is 4.79 Å². The van der Waals surface area contributed by atoms with E-state index >= 15 is 0 Å². The molecule has 1 saturated heterocycles. The van der Waals surface area contributed by atoms with Crippen LogP contribution in [0.5, 0.6) is 5.75 Å². The minimum absolute atomic E-state index is 0.0413. The van der Waals surface area contributed by atoms with Crippen molar-refractivity contribution in [3.63, 3.8) is 0 Å². The van der Waals surface area contributed by atoms with Gasteiger partial charge >= 0.3 is 12.1 Å². The molecule has 0 radical (unpaired) electrons. The van der Waals surface area contributed by atoms with Gasteiger partial charge in [-0.3, -0.25) is 9.69 Å². The lowest BCUT2D eigenvalue weighted by molar-refractivity contribution is -0.138. The van der Waals surface area contributed by atoms with Gasteiger partial charge in [-0.1, -0.05) is 12.1 Å². The monoisotopic (exact) mass is 237 g/mol. The summed E-state index contributed by atoms with van der Waals surface area (Å²) >= 11 is 0. The van der Waals surface area contributed by atoms with E-state index in [1.165, 1.54) is 11.0 Å². The van der Waals surface area contributed by atoms with E-state index < -0.39 is 18.2 Å². The topological polar surface area (TPSA) is 87.1 Å². The molecule has 1 fully saturated rings. The predicted molar refractivity (Wildman–Crippen MR) is 58.0 cm³/mol. The molecular weight excluding hydrogens is 226 g/mol. The van der Waals surface area contributed by atoms with Crippen molar-refractivity contribution in [2.45, 2.75) is 12.5 Å². The molecule has 1 aromatic rings. The van der Waals surface area contributed by atoms with Crippen LogP contribution in [0.2, 0.25) is 0 Å². The molecule has 17 heavy (non-hydrogen) atoms. The van der Waals surface area contributed by atoms with E-state index in [9.17, 15) is 14.7 Å². The van der Waals surface area contributed by atoms with Crippen LogP contribution in [0.15, 0.2) is 24.3 Å². The van der Waals surface area contributed by atoms with Crippen LogP contribution in [0, 0.1) is 0 Å². The van der Waals surface area contributed by atoms with E-state index in [4.69, 9.17) is 9.84 Å². The fourth-order valence-electron chi connectivity index (χ4n) is 1.71. The fraction of sp³-hybridized carbons (Fsp3) is 0.273. The van der Waals surface area contributed by atoms with Crippen molar-refractivity contribution in [3.8, 4) is 5.75 Å². The lowest BCUT2D eigenvalue weighted by atomic mass is 10.2. The Labute approximate surface area is 97.0 Å². The predicted octanol–water partition coefficient (Wildman–Crippen LogP) is 1.19. The standard InChI is InChI=1S/C11H11NO5/c13-9-4-2-1-3-8(9)12-6-7(5-10(14)15)17-11(12)16/h1-4,7,13H,5-6H2,(H,14,15). The Morgan fingerprint density at radius 2 is 2.18 bits per heavy atom. The highest BCUT2D eigenvalue weighted by Crippen LogP contribution is 2.30. The number of carbonyl (C=O) groups excluding carboxylic acids is 1. The number of carboxylic acids is 1. The number of hydrogen-bond acceptors (Lipinski definition) is 4. The molecular formula is C11H11NO5. The Hall–Kier alpha value is -2.24. The van der Waals surface area contributed by atoms with Gasteiger partial charge in [-0.2, -0.15) is 0 Å². The van der Waals surface area contributed by atoms with E-state index in [-0.39, 0.29) is 18.7 Å². The molecule has 0 saturated carbocycles. The molecule has 0 aliphatic carbocycles. The molecule has 1 aliphatic rings. The van der Waals surface area contributed by atoms with Gasteiger partial charge < -0.3 is 14.9 Å². The van der Waals surface area contributed by atoms with Crippen LogP contribution in [0.25, 0.3) is 0 Å². The smallest absolute Gasteiger partial charge is 0.414 e. The third kappa shape index (κ3) is 2.30. The van der Waals surface area contributed by atoms with Crippen LogP contribution in [0.1, 0.15) is 6.42 Å². The molecule has 1 atom stereocenters. The van der Waals surface area contributed by atoms with Gasteiger partial charge in [0.2, 0.25) is 0 Å². The van der Waals surface area contributed by atoms with Crippen LogP contribution in [-0.2, 0) is 9.53 Å². The zero-order valence-electron chi connectivity index (χ0n) is 8.87. The quantitative estimate of drug-likeness (QED) is 0.824. The van der Waals surface area contributed by atoms with Crippen LogP contribution in [0.4, 0.5) is 10.5 Å². The highest BCUT2D eigenvalue weighted by Gasteiger charge is 2.34. The molecule has 1 heterocycles. The Kier molecular flexibility index (Phi) is 2.86. The maximum atomic E-state index is 11.5. The summed E-state index contributed by atoms with van der Waals surface area (Å²) < 4.78 is 4.89. The molecule has 2 N–H and O–H groups in total. The van der Waals surface area contributed by atoms with Gasteiger partial charge in [-0.05, 0) is 12.1 Å². The summed E-state index contributed by atoms with van der Waals surface area (Å²) in [5, 5.41) is 18.2. The van der Waals surface area contributed by atoms with Gasteiger partial charge in [0.1, 0.15) is 11.9 Å². The molecule has 0 aromatic heterocycles. The van der Waals surface area contributed by atoms with Gasteiger partial charge in [0.05, 0.1) is 18.7 Å². The summed E-state index contributed by atoms with van der Waals surface area (Å²) in [6, 6.07) is 6.33. The number of cyclic esters (lactones) is 1. The number of nitrogens with zero attached hydrogens (tertiary/aromatic N) is 1. The van der Waals surface area contributed by atoms with Crippen molar-refractivity contribution in [2.75, 3.05) is 11.4 Å². The average Bonchev–Trinajstić information content (AvgIpc) is 2.59. The zero-order chi connectivity index (χ0) is 12.4. The number of phenolic OH excluding ortho intramolecular Hbond substituents is 1. The second kappa shape index (κ2) is 4.32. The van der Waals surface area contributed by atoms with Gasteiger partial charge in [0.25, 0.3) is 0 Å². The van der Waals surface area contributed by atoms with Crippen LogP contribution in [0.3, 0.4) is 0 Å². The molecule has 0 spiro atoms. The summed E-state index contributed by atoms with van der Waals surface area (Å²) in [4.78, 5) is 23.3. The third-order valence-corrected chi connectivity index (χ3v) is 2.45. The molecule has 6 heteroatoms. The number of para-hydroxylation sites is 2. The van der Waals surface area contributed by atoms with E-state index in [0.29, 0.717) is 5.69 Å². The first-order chi connectivity index (χ1) is 8.08. The minimum atomic E-state index is -1.03. The van der Waals surface area contributed by atoms with Crippen molar-refractivity contribution < 1.29 is 24.5 Å². The molecule has 0 bridgehead atoms. The number of anilines is 1. The Balaban J connectivity index is 2.16. The lowest BCUT2D eigenvalue weighted by Crippen LogP contribution is -2.25. The average molecular weight is 237 g/mol. The largest absolute Gasteiger partial charge is 0.506 e.